The standard InChI is InChI=1S/C28H54O3Si3/c1-27-16-14-21(29-32(3,4)5)18-20(27)12-13-22-23(27)15-17-28(2)24(22)19-25(30-33(6,7)8)26(28)31-34(9,10)11/h12,21-26H,13-19H2,1-11H3/t21-,22+,23-,24-,25-,26-,27-,28-/m0/s1. The Morgan fingerprint density at radius 3 is 1.97 bits per heavy atom. The van der Waals surface area contributed by atoms with Crippen molar-refractivity contribution in [2.24, 2.45) is 28.6 Å². The Morgan fingerprint density at radius 1 is 0.765 bits per heavy atom. The van der Waals surface area contributed by atoms with Gasteiger partial charge in [-0.25, -0.2) is 0 Å². The van der Waals surface area contributed by atoms with E-state index in [0.717, 1.165) is 17.8 Å². The molecule has 4 aliphatic carbocycles. The summed E-state index contributed by atoms with van der Waals surface area (Å²) < 4.78 is 20.5. The zero-order chi connectivity index (χ0) is 25.3. The van der Waals surface area contributed by atoms with Crippen LogP contribution in [0, 0.1) is 28.6 Å². The van der Waals surface area contributed by atoms with Crippen molar-refractivity contribution in [2.45, 2.75) is 136 Å². The van der Waals surface area contributed by atoms with Gasteiger partial charge in [-0.15, -0.1) is 0 Å². The molecule has 6 heteroatoms. The van der Waals surface area contributed by atoms with Gasteiger partial charge in [0.25, 0.3) is 0 Å². The van der Waals surface area contributed by atoms with E-state index in [1.807, 2.05) is 0 Å². The third-order valence-corrected chi connectivity index (χ3v) is 12.5. The first-order chi connectivity index (χ1) is 15.4. The molecule has 3 fully saturated rings. The average Bonchev–Trinajstić information content (AvgIpc) is 2.90. The predicted octanol–water partition coefficient (Wildman–Crippen LogP) is 8.22. The second-order valence-corrected chi connectivity index (χ2v) is 28.9. The van der Waals surface area contributed by atoms with Crippen molar-refractivity contribution in [3.63, 3.8) is 0 Å². The number of fused-ring (bicyclic) bond motifs is 5. The third-order valence-electron chi connectivity index (χ3n) is 9.48. The molecule has 4 rings (SSSR count). The van der Waals surface area contributed by atoms with Crippen molar-refractivity contribution in [1.82, 2.24) is 0 Å². The van der Waals surface area contributed by atoms with Gasteiger partial charge in [0, 0.05) is 6.10 Å². The lowest BCUT2D eigenvalue weighted by molar-refractivity contribution is -0.0734. The van der Waals surface area contributed by atoms with E-state index in [2.05, 4.69) is 78.8 Å². The lowest BCUT2D eigenvalue weighted by Crippen LogP contribution is -2.53. The molecule has 0 aromatic heterocycles. The molecule has 0 aromatic rings. The van der Waals surface area contributed by atoms with Gasteiger partial charge in [0.15, 0.2) is 25.0 Å². The topological polar surface area (TPSA) is 27.7 Å². The maximum atomic E-state index is 7.01. The van der Waals surface area contributed by atoms with E-state index in [0.29, 0.717) is 11.5 Å². The van der Waals surface area contributed by atoms with Gasteiger partial charge < -0.3 is 13.3 Å². The molecule has 34 heavy (non-hydrogen) atoms. The summed E-state index contributed by atoms with van der Waals surface area (Å²) in [5.74, 6) is 2.32. The van der Waals surface area contributed by atoms with Crippen molar-refractivity contribution < 1.29 is 13.3 Å². The smallest absolute Gasteiger partial charge is 0.184 e. The molecule has 0 radical (unpaired) electrons. The molecule has 0 amide bonds. The summed E-state index contributed by atoms with van der Waals surface area (Å²) in [7, 11) is -4.79. The summed E-state index contributed by atoms with van der Waals surface area (Å²) in [5.41, 5.74) is 2.36. The van der Waals surface area contributed by atoms with Crippen LogP contribution in [0.5, 0.6) is 0 Å². The molecule has 0 bridgehead atoms. The van der Waals surface area contributed by atoms with Gasteiger partial charge in [0.2, 0.25) is 0 Å². The van der Waals surface area contributed by atoms with Crippen molar-refractivity contribution in [3.05, 3.63) is 11.6 Å². The van der Waals surface area contributed by atoms with Crippen LogP contribution in [0.4, 0.5) is 0 Å². The van der Waals surface area contributed by atoms with Crippen LogP contribution in [-0.2, 0) is 13.3 Å². The Labute approximate surface area is 214 Å². The van der Waals surface area contributed by atoms with Gasteiger partial charge in [-0.1, -0.05) is 25.5 Å². The number of hydrogen-bond acceptors (Lipinski definition) is 3. The zero-order valence-corrected chi connectivity index (χ0v) is 27.2. The molecule has 3 saturated carbocycles. The highest BCUT2D eigenvalue weighted by Gasteiger charge is 2.62. The molecule has 0 saturated heterocycles. The van der Waals surface area contributed by atoms with E-state index in [1.165, 1.54) is 44.9 Å². The highest BCUT2D eigenvalue weighted by molar-refractivity contribution is 6.70. The Bertz CT molecular complexity index is 792. The summed E-state index contributed by atoms with van der Waals surface area (Å²) in [4.78, 5) is 0. The van der Waals surface area contributed by atoms with E-state index in [-0.39, 0.29) is 17.6 Å². The average molecular weight is 523 g/mol. The van der Waals surface area contributed by atoms with Crippen LogP contribution in [0.15, 0.2) is 11.6 Å². The molecular formula is C28H54O3Si3. The molecule has 0 aromatic carbocycles. The Morgan fingerprint density at radius 2 is 1.38 bits per heavy atom. The van der Waals surface area contributed by atoms with Gasteiger partial charge in [-0.05, 0) is 132 Å². The monoisotopic (exact) mass is 522 g/mol. The second kappa shape index (κ2) is 8.94. The molecule has 0 spiro atoms. The summed E-state index contributed by atoms with van der Waals surface area (Å²) in [5, 5.41) is 0. The van der Waals surface area contributed by atoms with Gasteiger partial charge in [0.05, 0.1) is 12.2 Å². The highest BCUT2D eigenvalue weighted by Crippen LogP contribution is 2.66. The van der Waals surface area contributed by atoms with Crippen molar-refractivity contribution in [3.8, 4) is 0 Å². The number of allylic oxidation sites excluding steroid dienone is 1. The Kier molecular flexibility index (Phi) is 7.18. The van der Waals surface area contributed by atoms with E-state index < -0.39 is 25.0 Å². The van der Waals surface area contributed by atoms with Crippen LogP contribution in [-0.4, -0.2) is 43.3 Å². The largest absolute Gasteiger partial charge is 0.414 e. The van der Waals surface area contributed by atoms with E-state index in [4.69, 9.17) is 13.3 Å². The molecular weight excluding hydrogens is 469 g/mol. The summed E-state index contributed by atoms with van der Waals surface area (Å²) in [6.45, 7) is 26.3. The molecule has 3 nitrogen and oxygen atoms in total. The summed E-state index contributed by atoms with van der Waals surface area (Å²) >= 11 is 0. The van der Waals surface area contributed by atoms with Crippen LogP contribution in [0.3, 0.4) is 0 Å². The van der Waals surface area contributed by atoms with Crippen molar-refractivity contribution in [2.75, 3.05) is 0 Å². The fourth-order valence-corrected chi connectivity index (χ4v) is 11.8. The third kappa shape index (κ3) is 5.42. The van der Waals surface area contributed by atoms with Crippen LogP contribution in [0.1, 0.15) is 58.8 Å². The number of hydrogen-bond donors (Lipinski definition) is 0. The Hall–Kier alpha value is 0.271. The lowest BCUT2D eigenvalue weighted by Gasteiger charge is -2.58. The minimum Gasteiger partial charge on any atom is -0.414 e. The van der Waals surface area contributed by atoms with Crippen LogP contribution < -0.4 is 0 Å². The normalized spacial score (nSPS) is 43.1. The van der Waals surface area contributed by atoms with Gasteiger partial charge >= 0.3 is 0 Å². The van der Waals surface area contributed by atoms with Crippen LogP contribution in [0.2, 0.25) is 58.9 Å². The maximum absolute atomic E-state index is 7.01. The summed E-state index contributed by atoms with van der Waals surface area (Å²) in [6, 6.07) is 0. The van der Waals surface area contributed by atoms with E-state index in [1.54, 1.807) is 5.57 Å². The first-order valence-electron chi connectivity index (χ1n) is 14.1. The fourth-order valence-electron chi connectivity index (χ4n) is 8.33. The maximum Gasteiger partial charge on any atom is 0.184 e. The Balaban J connectivity index is 1.60. The minimum absolute atomic E-state index is 0.256. The molecule has 0 aliphatic heterocycles. The second-order valence-electron chi connectivity index (χ2n) is 15.6. The van der Waals surface area contributed by atoms with Crippen LogP contribution in [0.25, 0.3) is 0 Å². The molecule has 4 aliphatic rings. The van der Waals surface area contributed by atoms with Crippen molar-refractivity contribution >= 4 is 25.0 Å². The molecule has 0 heterocycles. The minimum atomic E-state index is -1.66. The fraction of sp³-hybridized carbons (Fsp3) is 0.929. The molecule has 196 valence electrons. The first kappa shape index (κ1) is 27.3. The number of rotatable bonds is 6. The molecule has 0 N–H and O–H groups in total. The van der Waals surface area contributed by atoms with Crippen LogP contribution >= 0.6 is 0 Å². The van der Waals surface area contributed by atoms with Gasteiger partial charge in [-0.3, -0.25) is 0 Å². The van der Waals surface area contributed by atoms with E-state index >= 15 is 0 Å². The van der Waals surface area contributed by atoms with Gasteiger partial charge in [-0.2, -0.15) is 0 Å². The zero-order valence-electron chi connectivity index (χ0n) is 24.2. The SMILES string of the molecule is C[C@]12CC[C@H]3[C@@H](CC=C4C[C@@H](O[Si](C)(C)C)CC[C@@]43C)[C@@H]1C[C@H](O[Si](C)(C)C)[C@@H]2O[Si](C)(C)C. The van der Waals surface area contributed by atoms with Crippen molar-refractivity contribution in [1.29, 1.82) is 0 Å². The quantitative estimate of drug-likeness (QED) is 0.260. The van der Waals surface area contributed by atoms with Gasteiger partial charge in [0.1, 0.15) is 0 Å². The predicted molar refractivity (Wildman–Crippen MR) is 152 cm³/mol. The lowest BCUT2D eigenvalue weighted by atomic mass is 9.48. The molecule has 8 atom stereocenters. The van der Waals surface area contributed by atoms with E-state index in [9.17, 15) is 0 Å². The highest BCUT2D eigenvalue weighted by atomic mass is 28.4. The first-order valence-corrected chi connectivity index (χ1v) is 24.4. The molecule has 0 unspecified atom stereocenters. The summed E-state index contributed by atoms with van der Waals surface area (Å²) in [6.07, 6.45) is 12.5.